The second-order valence-electron chi connectivity index (χ2n) is 7.78. The third-order valence-corrected chi connectivity index (χ3v) is 8.41. The van der Waals surface area contributed by atoms with Gasteiger partial charge in [-0.1, -0.05) is 12.8 Å². The molecule has 1 aliphatic carbocycles. The van der Waals surface area contributed by atoms with Crippen LogP contribution in [0.1, 0.15) is 36.0 Å². The molecule has 0 unspecified atom stereocenters. The van der Waals surface area contributed by atoms with Gasteiger partial charge in [0.15, 0.2) is 5.13 Å². The Bertz CT molecular complexity index is 1260. The van der Waals surface area contributed by atoms with Crippen LogP contribution in [0.2, 0.25) is 0 Å². The van der Waals surface area contributed by atoms with Gasteiger partial charge in [0.2, 0.25) is 10.0 Å². The topological polar surface area (TPSA) is 123 Å². The zero-order chi connectivity index (χ0) is 23.6. The highest BCUT2D eigenvalue weighted by molar-refractivity contribution is 7.89. The molecule has 9 nitrogen and oxygen atoms in total. The van der Waals surface area contributed by atoms with Crippen molar-refractivity contribution in [3.05, 3.63) is 69.6 Å². The molecule has 33 heavy (non-hydrogen) atoms. The van der Waals surface area contributed by atoms with Crippen LogP contribution in [0, 0.1) is 10.1 Å². The van der Waals surface area contributed by atoms with E-state index >= 15 is 0 Å². The SMILES string of the molecule is CN(C1CCCC1)S(=O)(=O)c1ccc(C(=O)Nc2nc(-c3ccc([N+](=O)[O-])cc3)cs2)cc1. The first-order chi connectivity index (χ1) is 15.8. The molecule has 0 saturated heterocycles. The van der Waals surface area contributed by atoms with Crippen LogP contribution in [0.3, 0.4) is 0 Å². The van der Waals surface area contributed by atoms with Crippen molar-refractivity contribution in [2.75, 3.05) is 12.4 Å². The average molecular weight is 487 g/mol. The summed E-state index contributed by atoms with van der Waals surface area (Å²) in [5.74, 6) is -0.410. The molecule has 1 aromatic heterocycles. The van der Waals surface area contributed by atoms with Gasteiger partial charge < -0.3 is 0 Å². The Hall–Kier alpha value is -3.15. The van der Waals surface area contributed by atoms with Crippen LogP contribution in [-0.4, -0.2) is 41.6 Å². The van der Waals surface area contributed by atoms with E-state index in [0.29, 0.717) is 22.0 Å². The van der Waals surface area contributed by atoms with Gasteiger partial charge in [-0.25, -0.2) is 13.4 Å². The highest BCUT2D eigenvalue weighted by Gasteiger charge is 2.30. The van der Waals surface area contributed by atoms with Gasteiger partial charge in [0.1, 0.15) is 0 Å². The van der Waals surface area contributed by atoms with Gasteiger partial charge in [0.25, 0.3) is 11.6 Å². The van der Waals surface area contributed by atoms with Crippen molar-refractivity contribution >= 4 is 38.1 Å². The first kappa shape index (κ1) is 23.0. The number of aromatic nitrogens is 1. The molecule has 1 saturated carbocycles. The van der Waals surface area contributed by atoms with E-state index in [1.54, 1.807) is 24.6 Å². The minimum atomic E-state index is -3.61. The van der Waals surface area contributed by atoms with E-state index in [2.05, 4.69) is 10.3 Å². The number of anilines is 1. The normalized spacial score (nSPS) is 14.5. The number of nitro groups is 1. The fraction of sp³-hybridized carbons (Fsp3) is 0.273. The monoisotopic (exact) mass is 486 g/mol. The van der Waals surface area contributed by atoms with E-state index < -0.39 is 20.9 Å². The molecule has 1 aliphatic rings. The smallest absolute Gasteiger partial charge is 0.269 e. The van der Waals surface area contributed by atoms with E-state index in [0.717, 1.165) is 25.7 Å². The van der Waals surface area contributed by atoms with E-state index in [4.69, 9.17) is 0 Å². The highest BCUT2D eigenvalue weighted by atomic mass is 32.2. The fourth-order valence-corrected chi connectivity index (χ4v) is 5.93. The summed E-state index contributed by atoms with van der Waals surface area (Å²) in [5, 5.41) is 15.6. The number of amides is 1. The Labute approximate surface area is 195 Å². The number of benzene rings is 2. The molecule has 0 spiro atoms. The summed E-state index contributed by atoms with van der Waals surface area (Å²) in [5.41, 5.74) is 1.58. The minimum absolute atomic E-state index is 0.0117. The minimum Gasteiger partial charge on any atom is -0.298 e. The maximum Gasteiger partial charge on any atom is 0.269 e. The lowest BCUT2D eigenvalue weighted by molar-refractivity contribution is -0.384. The number of hydrogen-bond acceptors (Lipinski definition) is 7. The van der Waals surface area contributed by atoms with Gasteiger partial charge in [-0.2, -0.15) is 4.31 Å². The van der Waals surface area contributed by atoms with Crippen molar-refractivity contribution in [3.63, 3.8) is 0 Å². The van der Waals surface area contributed by atoms with Gasteiger partial charge in [0.05, 0.1) is 15.5 Å². The van der Waals surface area contributed by atoms with Crippen LogP contribution in [0.25, 0.3) is 11.3 Å². The maximum atomic E-state index is 12.9. The van der Waals surface area contributed by atoms with E-state index in [1.165, 1.54) is 52.0 Å². The average Bonchev–Trinajstić information content (AvgIpc) is 3.51. The summed E-state index contributed by atoms with van der Waals surface area (Å²) in [6, 6.07) is 11.9. The zero-order valence-electron chi connectivity index (χ0n) is 17.8. The quantitative estimate of drug-likeness (QED) is 0.387. The van der Waals surface area contributed by atoms with Crippen molar-refractivity contribution in [1.29, 1.82) is 0 Å². The number of hydrogen-bond donors (Lipinski definition) is 1. The highest BCUT2D eigenvalue weighted by Crippen LogP contribution is 2.28. The number of rotatable bonds is 7. The molecular weight excluding hydrogens is 464 g/mol. The number of nitro benzene ring substituents is 1. The Morgan fingerprint density at radius 3 is 2.36 bits per heavy atom. The third-order valence-electron chi connectivity index (χ3n) is 5.73. The van der Waals surface area contributed by atoms with E-state index in [-0.39, 0.29) is 16.6 Å². The zero-order valence-corrected chi connectivity index (χ0v) is 19.4. The van der Waals surface area contributed by atoms with Crippen LogP contribution < -0.4 is 5.32 Å². The van der Waals surface area contributed by atoms with Crippen molar-refractivity contribution < 1.29 is 18.1 Å². The number of nitrogens with zero attached hydrogens (tertiary/aromatic N) is 3. The Balaban J connectivity index is 1.43. The molecule has 1 fully saturated rings. The summed E-state index contributed by atoms with van der Waals surface area (Å²) in [7, 11) is -2.00. The first-order valence-electron chi connectivity index (χ1n) is 10.4. The molecule has 4 rings (SSSR count). The number of nitrogens with one attached hydrogen (secondary N) is 1. The lowest BCUT2D eigenvalue weighted by atomic mass is 10.1. The number of carbonyl (C=O) groups is 1. The molecule has 3 aromatic rings. The Morgan fingerprint density at radius 1 is 1.12 bits per heavy atom. The Kier molecular flexibility index (Phi) is 6.54. The number of carbonyl (C=O) groups excluding carboxylic acids is 1. The molecule has 0 radical (unpaired) electrons. The molecular formula is C22H22N4O5S2. The standard InChI is InChI=1S/C22H22N4O5S2/c1-25(17-4-2-3-5-17)33(30,31)19-12-8-16(9-13-19)21(27)24-22-23-20(14-32-22)15-6-10-18(11-7-15)26(28)29/h6-14,17H,2-5H2,1H3,(H,23,24,27). The lowest BCUT2D eigenvalue weighted by Crippen LogP contribution is -2.35. The lowest BCUT2D eigenvalue weighted by Gasteiger charge is -2.23. The second kappa shape index (κ2) is 9.38. The summed E-state index contributed by atoms with van der Waals surface area (Å²) >= 11 is 1.22. The number of sulfonamides is 1. The first-order valence-corrected chi connectivity index (χ1v) is 12.7. The van der Waals surface area contributed by atoms with Gasteiger partial charge in [-0.3, -0.25) is 20.2 Å². The number of non-ortho nitro benzene ring substituents is 1. The molecule has 1 N–H and O–H groups in total. The maximum absolute atomic E-state index is 12.9. The van der Waals surface area contributed by atoms with E-state index in [9.17, 15) is 23.3 Å². The molecule has 1 heterocycles. The van der Waals surface area contributed by atoms with Crippen LogP contribution in [-0.2, 0) is 10.0 Å². The van der Waals surface area contributed by atoms with Gasteiger partial charge >= 0.3 is 0 Å². The number of thiazole rings is 1. The molecule has 0 bridgehead atoms. The predicted molar refractivity (Wildman–Crippen MR) is 126 cm³/mol. The predicted octanol–water partition coefficient (Wildman–Crippen LogP) is 4.53. The van der Waals surface area contributed by atoms with Crippen molar-refractivity contribution in [3.8, 4) is 11.3 Å². The molecule has 2 aromatic carbocycles. The van der Waals surface area contributed by atoms with Crippen LogP contribution in [0.15, 0.2) is 58.8 Å². The summed E-state index contributed by atoms with van der Waals surface area (Å²) in [6.45, 7) is 0. The van der Waals surface area contributed by atoms with E-state index in [1.807, 2.05) is 0 Å². The van der Waals surface area contributed by atoms with Crippen molar-refractivity contribution in [2.24, 2.45) is 0 Å². The fourth-order valence-electron chi connectivity index (χ4n) is 3.80. The third kappa shape index (κ3) is 4.95. The van der Waals surface area contributed by atoms with Gasteiger partial charge in [-0.15, -0.1) is 11.3 Å². The van der Waals surface area contributed by atoms with Gasteiger partial charge in [-0.05, 0) is 49.2 Å². The van der Waals surface area contributed by atoms with Crippen molar-refractivity contribution in [2.45, 2.75) is 36.6 Å². The largest absolute Gasteiger partial charge is 0.298 e. The Morgan fingerprint density at radius 2 is 1.76 bits per heavy atom. The summed E-state index contributed by atoms with van der Waals surface area (Å²) in [6.07, 6.45) is 3.80. The molecule has 0 atom stereocenters. The molecule has 172 valence electrons. The van der Waals surface area contributed by atoms with Crippen LogP contribution >= 0.6 is 11.3 Å². The summed E-state index contributed by atoms with van der Waals surface area (Å²) in [4.78, 5) is 27.4. The van der Waals surface area contributed by atoms with Crippen molar-refractivity contribution in [1.82, 2.24) is 9.29 Å². The molecule has 0 aliphatic heterocycles. The summed E-state index contributed by atoms with van der Waals surface area (Å²) < 4.78 is 27.2. The molecule has 1 amide bonds. The second-order valence-corrected chi connectivity index (χ2v) is 10.6. The molecule has 11 heteroatoms. The van der Waals surface area contributed by atoms with Crippen LogP contribution in [0.5, 0.6) is 0 Å². The van der Waals surface area contributed by atoms with Gasteiger partial charge in [0, 0.05) is 41.7 Å². The van der Waals surface area contributed by atoms with Crippen LogP contribution in [0.4, 0.5) is 10.8 Å².